The minimum Gasteiger partial charge on any atom is -0.494 e. The predicted octanol–water partition coefficient (Wildman–Crippen LogP) is 5.18. The van der Waals surface area contributed by atoms with Crippen molar-refractivity contribution in [3.8, 4) is 5.75 Å². The number of carbonyl (C=O) groups is 2. The molecule has 162 valence electrons. The molecule has 0 aliphatic carbocycles. The van der Waals surface area contributed by atoms with Crippen LogP contribution in [0.25, 0.3) is 5.57 Å². The van der Waals surface area contributed by atoms with Gasteiger partial charge >= 0.3 is 0 Å². The van der Waals surface area contributed by atoms with Crippen molar-refractivity contribution >= 4 is 46.3 Å². The number of carbonyl (C=O) groups excluding carboxylic acids is 2. The lowest BCUT2D eigenvalue weighted by atomic mass is 10.0. The molecule has 2 amide bonds. The number of hydrogen-bond donors (Lipinski definition) is 1. The number of halogens is 2. The molecular weight excluding hydrogens is 449 g/mol. The largest absolute Gasteiger partial charge is 0.494 e. The molecule has 0 spiro atoms. The lowest BCUT2D eigenvalue weighted by molar-refractivity contribution is -0.137. The average molecular weight is 468 g/mol. The van der Waals surface area contributed by atoms with Gasteiger partial charge in [-0.2, -0.15) is 0 Å². The average Bonchev–Trinajstić information content (AvgIpc) is 2.99. The lowest BCUT2D eigenvalue weighted by Crippen LogP contribution is -2.32. The fourth-order valence-electron chi connectivity index (χ4n) is 3.42. The van der Waals surface area contributed by atoms with Gasteiger partial charge in [0.25, 0.3) is 11.8 Å². The van der Waals surface area contributed by atoms with Crippen LogP contribution in [0.2, 0.25) is 10.0 Å². The fourth-order valence-corrected chi connectivity index (χ4v) is 3.93. The Hall–Kier alpha value is -3.35. The molecule has 0 atom stereocenters. The molecule has 4 rings (SSSR count). The molecule has 0 bridgehead atoms. The Labute approximate surface area is 195 Å². The third kappa shape index (κ3) is 4.47. The first kappa shape index (κ1) is 21.9. The summed E-state index contributed by atoms with van der Waals surface area (Å²) in [6.45, 7) is 2.51. The zero-order valence-corrected chi connectivity index (χ0v) is 18.7. The van der Waals surface area contributed by atoms with E-state index in [1.54, 1.807) is 60.9 Å². The van der Waals surface area contributed by atoms with E-state index in [0.717, 1.165) is 5.56 Å². The first-order chi connectivity index (χ1) is 15.5. The third-order valence-corrected chi connectivity index (χ3v) is 5.42. The number of imide groups is 1. The second-order valence-corrected chi connectivity index (χ2v) is 7.86. The van der Waals surface area contributed by atoms with Gasteiger partial charge in [-0.05, 0) is 48.9 Å². The van der Waals surface area contributed by atoms with Crippen LogP contribution >= 0.6 is 23.2 Å². The molecule has 0 unspecified atom stereocenters. The molecule has 8 heteroatoms. The number of hydrogen-bond acceptors (Lipinski definition) is 5. The second kappa shape index (κ2) is 9.42. The minimum atomic E-state index is -0.449. The molecule has 1 N–H and O–H groups in total. The van der Waals surface area contributed by atoms with Crippen LogP contribution in [0.15, 0.2) is 72.7 Å². The zero-order valence-electron chi connectivity index (χ0n) is 17.1. The van der Waals surface area contributed by atoms with E-state index in [9.17, 15) is 9.59 Å². The smallest absolute Gasteiger partial charge is 0.278 e. The van der Waals surface area contributed by atoms with Crippen molar-refractivity contribution in [2.45, 2.75) is 13.5 Å². The van der Waals surface area contributed by atoms with Crippen molar-refractivity contribution in [2.24, 2.45) is 0 Å². The number of rotatable bonds is 7. The summed E-state index contributed by atoms with van der Waals surface area (Å²) in [5.74, 6) is -0.247. The van der Waals surface area contributed by atoms with Crippen LogP contribution in [0.4, 0.5) is 5.69 Å². The van der Waals surface area contributed by atoms with Crippen LogP contribution < -0.4 is 10.1 Å². The summed E-state index contributed by atoms with van der Waals surface area (Å²) < 4.78 is 5.54. The van der Waals surface area contributed by atoms with Gasteiger partial charge in [0.05, 0.1) is 23.7 Å². The number of nitrogens with one attached hydrogen (secondary N) is 1. The van der Waals surface area contributed by atoms with E-state index in [2.05, 4.69) is 10.3 Å². The lowest BCUT2D eigenvalue weighted by Gasteiger charge is -2.15. The molecule has 3 aromatic rings. The van der Waals surface area contributed by atoms with E-state index in [1.807, 2.05) is 13.0 Å². The molecule has 1 aromatic heterocycles. The second-order valence-electron chi connectivity index (χ2n) is 7.01. The van der Waals surface area contributed by atoms with E-state index in [-0.39, 0.29) is 22.8 Å². The van der Waals surface area contributed by atoms with Crippen molar-refractivity contribution in [3.63, 3.8) is 0 Å². The van der Waals surface area contributed by atoms with E-state index in [4.69, 9.17) is 27.9 Å². The van der Waals surface area contributed by atoms with Crippen molar-refractivity contribution in [3.05, 3.63) is 93.9 Å². The molecular formula is C24H19Cl2N3O3. The van der Waals surface area contributed by atoms with Crippen molar-refractivity contribution in [1.29, 1.82) is 0 Å². The van der Waals surface area contributed by atoms with Crippen LogP contribution in [-0.2, 0) is 16.1 Å². The Bertz CT molecular complexity index is 1210. The molecule has 6 nitrogen and oxygen atoms in total. The summed E-state index contributed by atoms with van der Waals surface area (Å²) in [6.07, 6.45) is 3.23. The molecule has 0 fully saturated rings. The first-order valence-electron chi connectivity index (χ1n) is 9.92. The van der Waals surface area contributed by atoms with Gasteiger partial charge in [-0.15, -0.1) is 0 Å². The molecule has 0 saturated carbocycles. The SMILES string of the molecule is CCOc1cccc(NC2=C(c3ccc(Cl)cc3Cl)C(=O)N(Cc3ccncc3)C2=O)c1. The number of nitrogens with zero attached hydrogens (tertiary/aromatic N) is 2. The van der Waals surface area contributed by atoms with Gasteiger partial charge in [0.15, 0.2) is 0 Å². The number of amides is 2. The summed E-state index contributed by atoms with van der Waals surface area (Å²) in [6, 6.07) is 15.5. The fraction of sp³-hybridized carbons (Fsp3) is 0.125. The Balaban J connectivity index is 1.76. The van der Waals surface area contributed by atoms with E-state index in [1.165, 1.54) is 4.90 Å². The van der Waals surface area contributed by atoms with Crippen molar-refractivity contribution < 1.29 is 14.3 Å². The number of pyridine rings is 1. The molecule has 2 heterocycles. The number of benzene rings is 2. The highest BCUT2D eigenvalue weighted by Crippen LogP contribution is 2.36. The predicted molar refractivity (Wildman–Crippen MR) is 124 cm³/mol. The number of aromatic nitrogens is 1. The maximum absolute atomic E-state index is 13.4. The molecule has 32 heavy (non-hydrogen) atoms. The monoisotopic (exact) mass is 467 g/mol. The number of ether oxygens (including phenoxy) is 1. The Morgan fingerprint density at radius 2 is 1.78 bits per heavy atom. The van der Waals surface area contributed by atoms with E-state index >= 15 is 0 Å². The molecule has 2 aromatic carbocycles. The Kier molecular flexibility index (Phi) is 6.44. The maximum Gasteiger partial charge on any atom is 0.278 e. The maximum atomic E-state index is 13.4. The topological polar surface area (TPSA) is 71.5 Å². The van der Waals surface area contributed by atoms with Gasteiger partial charge in [0.1, 0.15) is 11.4 Å². The normalized spacial score (nSPS) is 13.7. The van der Waals surface area contributed by atoms with Crippen molar-refractivity contribution in [1.82, 2.24) is 9.88 Å². The van der Waals surface area contributed by atoms with Gasteiger partial charge in [0.2, 0.25) is 0 Å². The molecule has 1 aliphatic heterocycles. The molecule has 0 radical (unpaired) electrons. The van der Waals surface area contributed by atoms with Crippen molar-refractivity contribution in [2.75, 3.05) is 11.9 Å². The van der Waals surface area contributed by atoms with Crippen LogP contribution in [0, 0.1) is 0 Å². The Morgan fingerprint density at radius 3 is 2.50 bits per heavy atom. The highest BCUT2D eigenvalue weighted by Gasteiger charge is 2.40. The summed E-state index contributed by atoms with van der Waals surface area (Å²) in [5, 5.41) is 3.82. The zero-order chi connectivity index (χ0) is 22.7. The van der Waals surface area contributed by atoms with Gasteiger partial charge in [-0.25, -0.2) is 0 Å². The Morgan fingerprint density at radius 1 is 1.00 bits per heavy atom. The van der Waals surface area contributed by atoms with Gasteiger partial charge in [-0.1, -0.05) is 35.3 Å². The standard InChI is InChI=1S/C24H19Cl2N3O3/c1-2-32-18-5-3-4-17(13-18)28-22-21(19-7-6-16(25)12-20(19)26)23(30)29(24(22)31)14-15-8-10-27-11-9-15/h3-13,28H,2,14H2,1H3. The minimum absolute atomic E-state index is 0.110. The van der Waals surface area contributed by atoms with Crippen LogP contribution in [0.3, 0.4) is 0 Å². The van der Waals surface area contributed by atoms with Crippen LogP contribution in [-0.4, -0.2) is 28.3 Å². The summed E-state index contributed by atoms with van der Waals surface area (Å²) in [7, 11) is 0. The summed E-state index contributed by atoms with van der Waals surface area (Å²) in [5.41, 5.74) is 2.15. The van der Waals surface area contributed by atoms with Crippen LogP contribution in [0.1, 0.15) is 18.1 Å². The quantitative estimate of drug-likeness (QED) is 0.484. The molecule has 1 aliphatic rings. The van der Waals surface area contributed by atoms with Gasteiger partial charge in [0, 0.05) is 34.7 Å². The number of anilines is 1. The van der Waals surface area contributed by atoms with E-state index < -0.39 is 11.8 Å². The summed E-state index contributed by atoms with van der Waals surface area (Å²) in [4.78, 5) is 31.9. The van der Waals surface area contributed by atoms with Crippen LogP contribution in [0.5, 0.6) is 5.75 Å². The third-order valence-electron chi connectivity index (χ3n) is 4.87. The van der Waals surface area contributed by atoms with Gasteiger partial charge in [-0.3, -0.25) is 19.5 Å². The summed E-state index contributed by atoms with van der Waals surface area (Å²) >= 11 is 12.4. The van der Waals surface area contributed by atoms with E-state index in [0.29, 0.717) is 28.6 Å². The molecule has 0 saturated heterocycles. The first-order valence-corrected chi connectivity index (χ1v) is 10.7. The highest BCUT2D eigenvalue weighted by atomic mass is 35.5. The van der Waals surface area contributed by atoms with Gasteiger partial charge < -0.3 is 10.1 Å². The highest BCUT2D eigenvalue weighted by molar-refractivity contribution is 6.41.